The van der Waals surface area contributed by atoms with Crippen molar-refractivity contribution in [2.45, 2.75) is 39.3 Å². The summed E-state index contributed by atoms with van der Waals surface area (Å²) in [6.07, 6.45) is 0.953. The van der Waals surface area contributed by atoms with Gasteiger partial charge in [-0.05, 0) is 38.0 Å². The van der Waals surface area contributed by atoms with Crippen molar-refractivity contribution < 1.29 is 14.3 Å². The minimum absolute atomic E-state index is 0.185. The molecule has 4 heteroatoms. The molecule has 106 valence electrons. The van der Waals surface area contributed by atoms with E-state index in [-0.39, 0.29) is 12.0 Å². The van der Waals surface area contributed by atoms with E-state index in [1.165, 1.54) is 7.11 Å². The highest BCUT2D eigenvalue weighted by atomic mass is 16.5. The van der Waals surface area contributed by atoms with Gasteiger partial charge in [0.05, 0.1) is 13.7 Å². The summed E-state index contributed by atoms with van der Waals surface area (Å²) in [6, 6.07) is 7.28. The van der Waals surface area contributed by atoms with E-state index in [0.29, 0.717) is 6.61 Å². The largest absolute Gasteiger partial charge is 0.494 e. The predicted molar refractivity (Wildman–Crippen MR) is 75.3 cm³/mol. The van der Waals surface area contributed by atoms with Crippen LogP contribution in [0.15, 0.2) is 24.3 Å². The van der Waals surface area contributed by atoms with Crippen LogP contribution in [0.4, 0.5) is 0 Å². The van der Waals surface area contributed by atoms with Crippen LogP contribution in [0, 0.1) is 0 Å². The standard InChI is InChI=1S/C15H23NO3/c1-5-9-19-13-8-6-7-12(10-13)14(15(17)18-4)16-11(2)3/h6-8,10-11,14,16H,5,9H2,1-4H3. The number of hydrogen-bond donors (Lipinski definition) is 1. The van der Waals surface area contributed by atoms with Crippen molar-refractivity contribution in [2.75, 3.05) is 13.7 Å². The second kappa shape index (κ2) is 7.79. The predicted octanol–water partition coefficient (Wildman–Crippen LogP) is 2.69. The molecule has 1 N–H and O–H groups in total. The molecule has 1 aromatic carbocycles. The Morgan fingerprint density at radius 3 is 2.68 bits per heavy atom. The Morgan fingerprint density at radius 1 is 1.37 bits per heavy atom. The number of carbonyl (C=O) groups is 1. The van der Waals surface area contributed by atoms with Gasteiger partial charge >= 0.3 is 5.97 Å². The molecule has 0 radical (unpaired) electrons. The summed E-state index contributed by atoms with van der Waals surface area (Å²) in [5.41, 5.74) is 0.856. The Kier molecular flexibility index (Phi) is 6.36. The van der Waals surface area contributed by atoms with E-state index in [0.717, 1.165) is 17.7 Å². The molecule has 0 spiro atoms. The Bertz CT molecular complexity index is 404. The number of rotatable bonds is 7. The zero-order valence-corrected chi connectivity index (χ0v) is 12.1. The molecule has 1 rings (SSSR count). The van der Waals surface area contributed by atoms with E-state index in [4.69, 9.17) is 9.47 Å². The van der Waals surface area contributed by atoms with Crippen LogP contribution in [-0.4, -0.2) is 25.7 Å². The highest BCUT2D eigenvalue weighted by molar-refractivity contribution is 5.77. The van der Waals surface area contributed by atoms with Gasteiger partial charge < -0.3 is 9.47 Å². The third kappa shape index (κ3) is 4.91. The quantitative estimate of drug-likeness (QED) is 0.770. The second-order valence-electron chi connectivity index (χ2n) is 4.70. The van der Waals surface area contributed by atoms with Crippen LogP contribution in [0.1, 0.15) is 38.8 Å². The van der Waals surface area contributed by atoms with Crippen molar-refractivity contribution in [3.8, 4) is 5.75 Å². The maximum atomic E-state index is 11.8. The van der Waals surface area contributed by atoms with Crippen molar-refractivity contribution in [2.24, 2.45) is 0 Å². The van der Waals surface area contributed by atoms with Crippen molar-refractivity contribution >= 4 is 5.97 Å². The summed E-state index contributed by atoms with van der Waals surface area (Å²) in [6.45, 7) is 6.71. The molecule has 0 aliphatic carbocycles. The number of benzene rings is 1. The lowest BCUT2D eigenvalue weighted by Crippen LogP contribution is -2.34. The summed E-state index contributed by atoms with van der Waals surface area (Å²) in [5.74, 6) is 0.486. The molecule has 0 bridgehead atoms. The molecule has 1 unspecified atom stereocenters. The normalized spacial score (nSPS) is 12.3. The van der Waals surface area contributed by atoms with Crippen molar-refractivity contribution in [3.05, 3.63) is 29.8 Å². The zero-order chi connectivity index (χ0) is 14.3. The molecule has 1 atom stereocenters. The first-order chi connectivity index (χ1) is 9.08. The molecular weight excluding hydrogens is 242 g/mol. The van der Waals surface area contributed by atoms with Crippen LogP contribution in [0.2, 0.25) is 0 Å². The Balaban J connectivity index is 2.91. The van der Waals surface area contributed by atoms with Gasteiger partial charge in [-0.3, -0.25) is 5.32 Å². The van der Waals surface area contributed by atoms with Crippen LogP contribution in [0.3, 0.4) is 0 Å². The Labute approximate surface area is 115 Å². The van der Waals surface area contributed by atoms with Crippen molar-refractivity contribution in [1.82, 2.24) is 5.32 Å². The number of hydrogen-bond acceptors (Lipinski definition) is 4. The molecule has 0 saturated heterocycles. The van der Waals surface area contributed by atoms with E-state index in [2.05, 4.69) is 12.2 Å². The molecule has 19 heavy (non-hydrogen) atoms. The first kappa shape index (κ1) is 15.5. The van der Waals surface area contributed by atoms with Gasteiger partial charge in [-0.1, -0.05) is 19.1 Å². The van der Waals surface area contributed by atoms with Gasteiger partial charge in [0, 0.05) is 6.04 Å². The van der Waals surface area contributed by atoms with Crippen LogP contribution >= 0.6 is 0 Å². The minimum Gasteiger partial charge on any atom is -0.494 e. The molecule has 0 fully saturated rings. The molecule has 0 heterocycles. The van der Waals surface area contributed by atoms with Crippen molar-refractivity contribution in [3.63, 3.8) is 0 Å². The summed E-state index contributed by atoms with van der Waals surface area (Å²) in [5, 5.41) is 3.20. The first-order valence-corrected chi connectivity index (χ1v) is 6.65. The van der Waals surface area contributed by atoms with E-state index >= 15 is 0 Å². The fraction of sp³-hybridized carbons (Fsp3) is 0.533. The number of esters is 1. The summed E-state index contributed by atoms with van der Waals surface area (Å²) < 4.78 is 10.4. The van der Waals surface area contributed by atoms with Gasteiger partial charge in [0.25, 0.3) is 0 Å². The maximum Gasteiger partial charge on any atom is 0.327 e. The molecule has 1 aromatic rings. The van der Waals surface area contributed by atoms with Gasteiger partial charge in [-0.25, -0.2) is 4.79 Å². The van der Waals surface area contributed by atoms with E-state index in [1.54, 1.807) is 0 Å². The number of ether oxygens (including phenoxy) is 2. The number of carbonyl (C=O) groups excluding carboxylic acids is 1. The monoisotopic (exact) mass is 265 g/mol. The molecule has 0 saturated carbocycles. The minimum atomic E-state index is -0.463. The summed E-state index contributed by atoms with van der Waals surface area (Å²) >= 11 is 0. The Morgan fingerprint density at radius 2 is 2.11 bits per heavy atom. The van der Waals surface area contributed by atoms with Gasteiger partial charge in [0.2, 0.25) is 0 Å². The fourth-order valence-corrected chi connectivity index (χ4v) is 1.76. The molecule has 4 nitrogen and oxygen atoms in total. The Hall–Kier alpha value is -1.55. The molecule has 0 aromatic heterocycles. The second-order valence-corrected chi connectivity index (χ2v) is 4.70. The van der Waals surface area contributed by atoms with Crippen LogP contribution in [0.25, 0.3) is 0 Å². The third-order valence-corrected chi connectivity index (χ3v) is 2.60. The zero-order valence-electron chi connectivity index (χ0n) is 12.1. The molecule has 0 aliphatic heterocycles. The lowest BCUT2D eigenvalue weighted by atomic mass is 10.1. The third-order valence-electron chi connectivity index (χ3n) is 2.60. The highest BCUT2D eigenvalue weighted by Crippen LogP contribution is 2.21. The average molecular weight is 265 g/mol. The molecule has 0 aliphatic rings. The average Bonchev–Trinajstić information content (AvgIpc) is 2.41. The topological polar surface area (TPSA) is 47.6 Å². The summed E-state index contributed by atoms with van der Waals surface area (Å²) in [4.78, 5) is 11.8. The van der Waals surface area contributed by atoms with Crippen LogP contribution in [-0.2, 0) is 9.53 Å². The van der Waals surface area contributed by atoms with Crippen LogP contribution < -0.4 is 10.1 Å². The SMILES string of the molecule is CCCOc1cccc(C(NC(C)C)C(=O)OC)c1. The smallest absolute Gasteiger partial charge is 0.327 e. The van der Waals surface area contributed by atoms with Gasteiger partial charge in [0.15, 0.2) is 0 Å². The lowest BCUT2D eigenvalue weighted by Gasteiger charge is -2.20. The first-order valence-electron chi connectivity index (χ1n) is 6.65. The van der Waals surface area contributed by atoms with E-state index in [1.807, 2.05) is 38.1 Å². The lowest BCUT2D eigenvalue weighted by molar-refractivity contribution is -0.143. The number of nitrogens with one attached hydrogen (secondary N) is 1. The molecular formula is C15H23NO3. The van der Waals surface area contributed by atoms with Gasteiger partial charge in [-0.15, -0.1) is 0 Å². The number of methoxy groups -OCH3 is 1. The fourth-order valence-electron chi connectivity index (χ4n) is 1.76. The highest BCUT2D eigenvalue weighted by Gasteiger charge is 2.22. The van der Waals surface area contributed by atoms with E-state index < -0.39 is 6.04 Å². The van der Waals surface area contributed by atoms with Gasteiger partial charge in [0.1, 0.15) is 11.8 Å². The maximum absolute atomic E-state index is 11.8. The van der Waals surface area contributed by atoms with Crippen molar-refractivity contribution in [1.29, 1.82) is 0 Å². The summed E-state index contributed by atoms with van der Waals surface area (Å²) in [7, 11) is 1.40. The van der Waals surface area contributed by atoms with Crippen LogP contribution in [0.5, 0.6) is 5.75 Å². The molecule has 0 amide bonds. The van der Waals surface area contributed by atoms with E-state index in [9.17, 15) is 4.79 Å². The van der Waals surface area contributed by atoms with Gasteiger partial charge in [-0.2, -0.15) is 0 Å².